The predicted molar refractivity (Wildman–Crippen MR) is 90.2 cm³/mol. The monoisotopic (exact) mass is 379 g/mol. The van der Waals surface area contributed by atoms with Crippen LogP contribution in [0.5, 0.6) is 0 Å². The molecule has 3 rings (SSSR count). The first kappa shape index (κ1) is 15.2. The molecule has 0 unspecified atom stereocenters. The van der Waals surface area contributed by atoms with Crippen LogP contribution in [0.1, 0.15) is 18.5 Å². The van der Waals surface area contributed by atoms with E-state index < -0.39 is 0 Å². The molecule has 22 heavy (non-hydrogen) atoms. The van der Waals surface area contributed by atoms with Gasteiger partial charge < -0.3 is 5.32 Å². The Morgan fingerprint density at radius 1 is 1.45 bits per heavy atom. The van der Waals surface area contributed by atoms with Crippen LogP contribution < -0.4 is 10.2 Å². The minimum absolute atomic E-state index is 0.111. The second kappa shape index (κ2) is 6.58. The van der Waals surface area contributed by atoms with E-state index in [-0.39, 0.29) is 18.2 Å². The molecule has 114 valence electrons. The number of amides is 2. The minimum Gasteiger partial charge on any atom is -0.326 e. The van der Waals surface area contributed by atoms with E-state index in [2.05, 4.69) is 26.2 Å². The molecule has 1 saturated heterocycles. The van der Waals surface area contributed by atoms with Crippen molar-refractivity contribution in [3.8, 4) is 0 Å². The molecule has 5 nitrogen and oxygen atoms in total. The highest BCUT2D eigenvalue weighted by molar-refractivity contribution is 9.10. The molecular weight excluding hydrogens is 366 g/mol. The van der Waals surface area contributed by atoms with Gasteiger partial charge in [-0.05, 0) is 24.6 Å². The van der Waals surface area contributed by atoms with E-state index >= 15 is 0 Å². The molecule has 0 saturated carbocycles. The third kappa shape index (κ3) is 3.53. The van der Waals surface area contributed by atoms with Gasteiger partial charge in [0.1, 0.15) is 0 Å². The number of aromatic nitrogens is 1. The van der Waals surface area contributed by atoms with E-state index in [1.54, 1.807) is 4.90 Å². The molecule has 1 fully saturated rings. The summed E-state index contributed by atoms with van der Waals surface area (Å²) in [6.45, 7) is 0.718. The molecule has 1 aromatic heterocycles. The minimum atomic E-state index is -0.123. The third-order valence-electron chi connectivity index (χ3n) is 3.29. The fourth-order valence-electron chi connectivity index (χ4n) is 2.29. The Labute approximate surface area is 140 Å². The van der Waals surface area contributed by atoms with Gasteiger partial charge in [0.05, 0.1) is 12.1 Å². The van der Waals surface area contributed by atoms with E-state index in [1.165, 1.54) is 11.3 Å². The van der Waals surface area contributed by atoms with Crippen molar-refractivity contribution in [3.05, 3.63) is 39.8 Å². The molecule has 0 spiro atoms. The Morgan fingerprint density at radius 2 is 2.32 bits per heavy atom. The van der Waals surface area contributed by atoms with Crippen LogP contribution in [0.25, 0.3) is 0 Å². The number of hydrogen-bond acceptors (Lipinski definition) is 4. The van der Waals surface area contributed by atoms with Crippen LogP contribution in [0.2, 0.25) is 0 Å². The van der Waals surface area contributed by atoms with Crippen LogP contribution in [0.4, 0.5) is 10.8 Å². The third-order valence-corrected chi connectivity index (χ3v) is 4.70. The summed E-state index contributed by atoms with van der Waals surface area (Å²) in [7, 11) is 0. The quantitative estimate of drug-likeness (QED) is 0.886. The molecule has 0 atom stereocenters. The first-order chi connectivity index (χ1) is 10.6. The van der Waals surface area contributed by atoms with Gasteiger partial charge in [-0.3, -0.25) is 14.5 Å². The van der Waals surface area contributed by atoms with Gasteiger partial charge in [-0.2, -0.15) is 0 Å². The number of benzene rings is 1. The highest BCUT2D eigenvalue weighted by Gasteiger charge is 2.24. The number of carbonyl (C=O) groups is 2. The average molecular weight is 380 g/mol. The van der Waals surface area contributed by atoms with Gasteiger partial charge in [0.15, 0.2) is 5.13 Å². The largest absolute Gasteiger partial charge is 0.326 e. The number of hydrogen-bond donors (Lipinski definition) is 1. The molecule has 1 aliphatic heterocycles. The molecule has 2 heterocycles. The lowest BCUT2D eigenvalue weighted by Gasteiger charge is -2.10. The van der Waals surface area contributed by atoms with Crippen LogP contribution in [0.3, 0.4) is 0 Å². The van der Waals surface area contributed by atoms with Gasteiger partial charge in [-0.1, -0.05) is 22.0 Å². The number of anilines is 2. The second-order valence-corrected chi connectivity index (χ2v) is 6.76. The fraction of sp³-hybridized carbons (Fsp3) is 0.267. The summed E-state index contributed by atoms with van der Waals surface area (Å²) in [5.41, 5.74) is 1.43. The van der Waals surface area contributed by atoms with E-state index in [0.717, 1.165) is 23.1 Å². The lowest BCUT2D eigenvalue weighted by molar-refractivity contribution is -0.117. The molecule has 1 aromatic carbocycles. The van der Waals surface area contributed by atoms with E-state index in [0.29, 0.717) is 17.2 Å². The van der Waals surface area contributed by atoms with Crippen molar-refractivity contribution in [2.75, 3.05) is 16.8 Å². The van der Waals surface area contributed by atoms with Crippen molar-refractivity contribution in [1.29, 1.82) is 0 Å². The molecular formula is C15H14BrN3O2S. The highest BCUT2D eigenvalue weighted by atomic mass is 79.9. The fourth-order valence-corrected chi connectivity index (χ4v) is 3.55. The van der Waals surface area contributed by atoms with Gasteiger partial charge in [0, 0.05) is 28.5 Å². The molecule has 0 radical (unpaired) electrons. The summed E-state index contributed by atoms with van der Waals surface area (Å²) in [5, 5.41) is 5.36. The summed E-state index contributed by atoms with van der Waals surface area (Å²) in [4.78, 5) is 29.8. The van der Waals surface area contributed by atoms with Crippen LogP contribution in [-0.4, -0.2) is 23.3 Å². The van der Waals surface area contributed by atoms with Crippen LogP contribution in [-0.2, 0) is 16.0 Å². The SMILES string of the molecule is O=C(Cc1csc(N2CCCC2=O)n1)Nc1cccc(Br)c1. The zero-order chi connectivity index (χ0) is 15.5. The van der Waals surface area contributed by atoms with E-state index in [9.17, 15) is 9.59 Å². The summed E-state index contributed by atoms with van der Waals surface area (Å²) in [5.74, 6) is -0.0119. The summed E-state index contributed by atoms with van der Waals surface area (Å²) < 4.78 is 0.911. The zero-order valence-electron chi connectivity index (χ0n) is 11.7. The lowest BCUT2D eigenvalue weighted by Crippen LogP contribution is -2.23. The number of halogens is 1. The lowest BCUT2D eigenvalue weighted by atomic mass is 10.3. The second-order valence-electron chi connectivity index (χ2n) is 5.01. The molecule has 2 amide bonds. The number of rotatable bonds is 4. The molecule has 2 aromatic rings. The number of carbonyl (C=O) groups excluding carboxylic acids is 2. The maximum absolute atomic E-state index is 12.0. The number of nitrogens with one attached hydrogen (secondary N) is 1. The van der Waals surface area contributed by atoms with Gasteiger partial charge in [0.25, 0.3) is 0 Å². The van der Waals surface area contributed by atoms with E-state index in [4.69, 9.17) is 0 Å². The maximum atomic E-state index is 12.0. The Hall–Kier alpha value is -1.73. The Balaban J connectivity index is 1.62. The molecule has 0 aliphatic carbocycles. The summed E-state index contributed by atoms with van der Waals surface area (Å²) in [6.07, 6.45) is 1.65. The maximum Gasteiger partial charge on any atom is 0.230 e. The van der Waals surface area contributed by atoms with Crippen molar-refractivity contribution in [2.24, 2.45) is 0 Å². The smallest absolute Gasteiger partial charge is 0.230 e. The van der Waals surface area contributed by atoms with Crippen LogP contribution >= 0.6 is 27.3 Å². The van der Waals surface area contributed by atoms with Gasteiger partial charge in [0.2, 0.25) is 11.8 Å². The van der Waals surface area contributed by atoms with Gasteiger partial charge in [-0.15, -0.1) is 11.3 Å². The normalized spacial score (nSPS) is 14.4. The Kier molecular flexibility index (Phi) is 4.54. The molecule has 1 aliphatic rings. The zero-order valence-corrected chi connectivity index (χ0v) is 14.1. The van der Waals surface area contributed by atoms with Crippen molar-refractivity contribution in [1.82, 2.24) is 4.98 Å². The molecule has 1 N–H and O–H groups in total. The van der Waals surface area contributed by atoms with Crippen molar-refractivity contribution in [2.45, 2.75) is 19.3 Å². The first-order valence-electron chi connectivity index (χ1n) is 6.92. The number of thiazole rings is 1. The Morgan fingerprint density at radius 3 is 3.05 bits per heavy atom. The van der Waals surface area contributed by atoms with Crippen molar-refractivity contribution < 1.29 is 9.59 Å². The summed E-state index contributed by atoms with van der Waals surface area (Å²) >= 11 is 4.77. The van der Waals surface area contributed by atoms with Crippen LogP contribution in [0, 0.1) is 0 Å². The molecule has 7 heteroatoms. The molecule has 0 bridgehead atoms. The van der Waals surface area contributed by atoms with Crippen molar-refractivity contribution in [3.63, 3.8) is 0 Å². The average Bonchev–Trinajstić information content (AvgIpc) is 3.07. The van der Waals surface area contributed by atoms with Gasteiger partial charge in [-0.25, -0.2) is 4.98 Å². The van der Waals surface area contributed by atoms with Crippen LogP contribution in [0.15, 0.2) is 34.1 Å². The van der Waals surface area contributed by atoms with Crippen molar-refractivity contribution >= 4 is 49.9 Å². The standard InChI is InChI=1S/C15H14BrN3O2S/c16-10-3-1-4-11(7-10)17-13(20)8-12-9-22-15(18-12)19-6-2-5-14(19)21/h1,3-4,7,9H,2,5-6,8H2,(H,17,20). The van der Waals surface area contributed by atoms with Gasteiger partial charge >= 0.3 is 0 Å². The summed E-state index contributed by atoms with van der Waals surface area (Å²) in [6, 6.07) is 7.43. The topological polar surface area (TPSA) is 62.3 Å². The Bertz CT molecular complexity index is 716. The predicted octanol–water partition coefficient (Wildman–Crippen LogP) is 3.21. The first-order valence-corrected chi connectivity index (χ1v) is 8.59. The number of nitrogens with zero attached hydrogens (tertiary/aromatic N) is 2. The highest BCUT2D eigenvalue weighted by Crippen LogP contribution is 2.25. The van der Waals surface area contributed by atoms with E-state index in [1.807, 2.05) is 29.6 Å².